The predicted octanol–water partition coefficient (Wildman–Crippen LogP) is 13.6. The van der Waals surface area contributed by atoms with Gasteiger partial charge in [0.1, 0.15) is 19.8 Å². The first-order valence-electron chi connectivity index (χ1n) is 23.5. The van der Waals surface area contributed by atoms with Gasteiger partial charge in [-0.3, -0.25) is 18.6 Å². The van der Waals surface area contributed by atoms with Crippen LogP contribution in [0.5, 0.6) is 0 Å². The largest absolute Gasteiger partial charge is 0.472 e. The van der Waals surface area contributed by atoms with Crippen molar-refractivity contribution in [2.75, 3.05) is 47.5 Å². The maximum atomic E-state index is 12.7. The first-order valence-corrected chi connectivity index (χ1v) is 25.0. The van der Waals surface area contributed by atoms with E-state index in [0.29, 0.717) is 23.9 Å². The van der Waals surface area contributed by atoms with Crippen molar-refractivity contribution in [3.63, 3.8) is 0 Å². The lowest BCUT2D eigenvalue weighted by atomic mass is 10.0. The molecule has 0 saturated carbocycles. The fourth-order valence-electron chi connectivity index (χ4n) is 6.17. The number of allylic oxidation sites excluding steroid dienone is 10. The van der Waals surface area contributed by atoms with Crippen LogP contribution in [0.15, 0.2) is 60.8 Å². The molecule has 0 aromatic carbocycles. The van der Waals surface area contributed by atoms with E-state index in [2.05, 4.69) is 68.5 Å². The number of rotatable bonds is 42. The van der Waals surface area contributed by atoms with Gasteiger partial charge in [0.15, 0.2) is 6.10 Å². The summed E-state index contributed by atoms with van der Waals surface area (Å²) in [5, 5.41) is 0. The van der Waals surface area contributed by atoms with E-state index in [1.807, 2.05) is 27.2 Å². The molecule has 9 nitrogen and oxygen atoms in total. The van der Waals surface area contributed by atoms with Crippen LogP contribution in [0.25, 0.3) is 0 Å². The lowest BCUT2D eigenvalue weighted by Crippen LogP contribution is -2.37. The SMILES string of the molecule is CC/C=C/C/C=C/C/C=C/C/C=C/C/C=C/CCCC(=O)O[C@H](COC(=O)CCCCCCCCCCCCCCCCCCCC)COP(=O)(O)OCC[N+](C)(C)C. The van der Waals surface area contributed by atoms with Gasteiger partial charge in [-0.2, -0.15) is 0 Å². The van der Waals surface area contributed by atoms with Crippen LogP contribution in [0.4, 0.5) is 0 Å². The highest BCUT2D eigenvalue weighted by Crippen LogP contribution is 2.43. The summed E-state index contributed by atoms with van der Waals surface area (Å²) in [5.74, 6) is -0.864. The van der Waals surface area contributed by atoms with Gasteiger partial charge < -0.3 is 18.9 Å². The summed E-state index contributed by atoms with van der Waals surface area (Å²) < 4.78 is 34.3. The average Bonchev–Trinajstić information content (AvgIpc) is 3.19. The number of hydrogen-bond donors (Lipinski definition) is 1. The number of hydrogen-bond acceptors (Lipinski definition) is 7. The Morgan fingerprint density at radius 1 is 0.542 bits per heavy atom. The first-order chi connectivity index (χ1) is 28.5. The normalized spacial score (nSPS) is 14.1. The molecule has 0 aromatic heterocycles. The highest BCUT2D eigenvalue weighted by Gasteiger charge is 2.27. The molecule has 1 unspecified atom stereocenters. The summed E-state index contributed by atoms with van der Waals surface area (Å²) in [6.07, 6.45) is 49.9. The molecule has 0 aromatic rings. The van der Waals surface area contributed by atoms with Gasteiger partial charge in [0.25, 0.3) is 0 Å². The zero-order valence-corrected chi connectivity index (χ0v) is 39.4. The third-order valence-electron chi connectivity index (χ3n) is 9.81. The second-order valence-corrected chi connectivity index (χ2v) is 18.2. The Kier molecular flexibility index (Phi) is 39.5. The standard InChI is InChI=1S/C49H88NO8P/c1-6-8-10-12-14-16-18-20-22-24-26-27-29-31-33-35-37-39-41-48(51)55-45-47(46-57-59(53,54)56-44-43-50(3,4)5)58-49(52)42-40-38-36-34-32-30-28-25-23-21-19-17-15-13-11-9-7-2/h9,11,15,17,21,23,28,30,34,36,47H,6-8,10,12-14,16,18-20,22,24-27,29,31-33,35,37-46H2,1-5H3/p+1/b11-9+,17-15+,23-21+,30-28+,36-34+/t47-/m1/s1. The number of quaternary nitrogens is 1. The van der Waals surface area contributed by atoms with Gasteiger partial charge in [0, 0.05) is 12.8 Å². The third kappa shape index (κ3) is 45.1. The number of carbonyl (C=O) groups is 2. The van der Waals surface area contributed by atoms with Crippen molar-refractivity contribution in [3.05, 3.63) is 60.8 Å². The molecular weight excluding hydrogens is 762 g/mol. The number of phosphoric ester groups is 1. The van der Waals surface area contributed by atoms with E-state index in [4.69, 9.17) is 18.5 Å². The average molecular weight is 851 g/mol. The molecule has 0 heterocycles. The van der Waals surface area contributed by atoms with Crippen LogP contribution in [0.2, 0.25) is 0 Å². The third-order valence-corrected chi connectivity index (χ3v) is 10.8. The van der Waals surface area contributed by atoms with Gasteiger partial charge in [0.2, 0.25) is 0 Å². The minimum atomic E-state index is -4.39. The van der Waals surface area contributed by atoms with E-state index in [-0.39, 0.29) is 32.0 Å². The van der Waals surface area contributed by atoms with Crippen molar-refractivity contribution in [3.8, 4) is 0 Å². The summed E-state index contributed by atoms with van der Waals surface area (Å²) in [6.45, 7) is 4.25. The first kappa shape index (κ1) is 56.7. The van der Waals surface area contributed by atoms with Crippen LogP contribution in [0.1, 0.15) is 187 Å². The summed E-state index contributed by atoms with van der Waals surface area (Å²) >= 11 is 0. The molecule has 0 fully saturated rings. The van der Waals surface area contributed by atoms with Crippen LogP contribution < -0.4 is 0 Å². The molecule has 342 valence electrons. The predicted molar refractivity (Wildman–Crippen MR) is 247 cm³/mol. The number of unbranched alkanes of at least 4 members (excludes halogenated alkanes) is 18. The second kappa shape index (κ2) is 41.1. The van der Waals surface area contributed by atoms with Crippen molar-refractivity contribution in [1.29, 1.82) is 0 Å². The van der Waals surface area contributed by atoms with Crippen LogP contribution in [-0.4, -0.2) is 74.9 Å². The minimum Gasteiger partial charge on any atom is -0.462 e. The summed E-state index contributed by atoms with van der Waals surface area (Å²) in [7, 11) is 1.44. The van der Waals surface area contributed by atoms with Crippen LogP contribution in [-0.2, 0) is 32.7 Å². The quantitative estimate of drug-likeness (QED) is 0.0213. The number of phosphoric acid groups is 1. The maximum Gasteiger partial charge on any atom is 0.472 e. The van der Waals surface area contributed by atoms with Crippen molar-refractivity contribution in [1.82, 2.24) is 0 Å². The number of likely N-dealkylation sites (N-methyl/N-ethyl adjacent to an activating group) is 1. The molecule has 0 spiro atoms. The summed E-state index contributed by atoms with van der Waals surface area (Å²) in [5.41, 5.74) is 0. The van der Waals surface area contributed by atoms with Gasteiger partial charge in [-0.05, 0) is 51.4 Å². The highest BCUT2D eigenvalue weighted by atomic mass is 31.2. The molecular formula is C49H89NO8P+. The molecule has 0 amide bonds. The van der Waals surface area contributed by atoms with E-state index in [1.54, 1.807) is 0 Å². The molecule has 0 saturated heterocycles. The Morgan fingerprint density at radius 3 is 1.42 bits per heavy atom. The Balaban J connectivity index is 4.39. The van der Waals surface area contributed by atoms with Gasteiger partial charge in [-0.25, -0.2) is 4.57 Å². The molecule has 0 aliphatic heterocycles. The number of ether oxygens (including phenoxy) is 2. The Labute approximate surface area is 362 Å². The molecule has 1 N–H and O–H groups in total. The van der Waals surface area contributed by atoms with E-state index in [1.165, 1.54) is 96.3 Å². The van der Waals surface area contributed by atoms with Gasteiger partial charge in [0.05, 0.1) is 27.7 Å². The van der Waals surface area contributed by atoms with Gasteiger partial charge in [-0.15, -0.1) is 0 Å². The van der Waals surface area contributed by atoms with Crippen LogP contribution in [0.3, 0.4) is 0 Å². The van der Waals surface area contributed by atoms with E-state index in [9.17, 15) is 19.0 Å². The molecule has 0 bridgehead atoms. The van der Waals surface area contributed by atoms with Crippen molar-refractivity contribution >= 4 is 19.8 Å². The monoisotopic (exact) mass is 851 g/mol. The second-order valence-electron chi connectivity index (χ2n) is 16.8. The van der Waals surface area contributed by atoms with Gasteiger partial charge >= 0.3 is 19.8 Å². The maximum absolute atomic E-state index is 12.7. The molecule has 0 rings (SSSR count). The Hall–Kier alpha value is -2.29. The zero-order valence-electron chi connectivity index (χ0n) is 38.5. The smallest absolute Gasteiger partial charge is 0.462 e. The number of nitrogens with zero attached hydrogens (tertiary/aromatic N) is 1. The number of carbonyl (C=O) groups excluding carboxylic acids is 2. The molecule has 0 aliphatic carbocycles. The fraction of sp³-hybridized carbons (Fsp3) is 0.755. The van der Waals surface area contributed by atoms with E-state index < -0.39 is 26.5 Å². The lowest BCUT2D eigenvalue weighted by Gasteiger charge is -2.24. The van der Waals surface area contributed by atoms with Gasteiger partial charge in [-0.1, -0.05) is 184 Å². The van der Waals surface area contributed by atoms with Crippen molar-refractivity contribution in [2.45, 2.75) is 193 Å². The fourth-order valence-corrected chi connectivity index (χ4v) is 6.91. The van der Waals surface area contributed by atoms with E-state index in [0.717, 1.165) is 51.4 Å². The van der Waals surface area contributed by atoms with Crippen molar-refractivity contribution in [2.24, 2.45) is 0 Å². The molecule has 10 heteroatoms. The molecule has 2 atom stereocenters. The van der Waals surface area contributed by atoms with Crippen LogP contribution >= 0.6 is 7.82 Å². The summed E-state index contributed by atoms with van der Waals surface area (Å²) in [6, 6.07) is 0. The molecule has 0 radical (unpaired) electrons. The van der Waals surface area contributed by atoms with E-state index >= 15 is 0 Å². The topological polar surface area (TPSA) is 108 Å². The minimum absolute atomic E-state index is 0.0198. The van der Waals surface area contributed by atoms with Crippen molar-refractivity contribution < 1.29 is 42.1 Å². The Morgan fingerprint density at radius 2 is 0.966 bits per heavy atom. The Bertz CT molecular complexity index is 1190. The molecule has 59 heavy (non-hydrogen) atoms. The zero-order chi connectivity index (χ0) is 43.6. The number of esters is 2. The summed E-state index contributed by atoms with van der Waals surface area (Å²) in [4.78, 5) is 35.4. The highest BCUT2D eigenvalue weighted by molar-refractivity contribution is 7.47. The molecule has 0 aliphatic rings. The lowest BCUT2D eigenvalue weighted by molar-refractivity contribution is -0.870. The van der Waals surface area contributed by atoms with Crippen LogP contribution in [0, 0.1) is 0 Å².